The zero-order valence-electron chi connectivity index (χ0n) is 10.2. The lowest BCUT2D eigenvalue weighted by Gasteiger charge is -2.27. The summed E-state index contributed by atoms with van der Waals surface area (Å²) in [5.74, 6) is 0.716. The molecule has 0 atom stereocenters. The van der Waals surface area contributed by atoms with Crippen LogP contribution in [0.4, 0.5) is 0 Å². The number of aryl methyl sites for hydroxylation is 1. The zero-order valence-corrected chi connectivity index (χ0v) is 12.6. The van der Waals surface area contributed by atoms with Gasteiger partial charge in [-0.1, -0.05) is 15.9 Å². The van der Waals surface area contributed by atoms with E-state index in [1.165, 1.54) is 0 Å². The van der Waals surface area contributed by atoms with Gasteiger partial charge in [0.25, 0.3) is 0 Å². The molecule has 0 amide bonds. The van der Waals surface area contributed by atoms with Gasteiger partial charge in [-0.25, -0.2) is 8.42 Å². The van der Waals surface area contributed by atoms with Gasteiger partial charge in [-0.2, -0.15) is 0 Å². The average molecular weight is 334 g/mol. The number of sulfone groups is 1. The summed E-state index contributed by atoms with van der Waals surface area (Å²) in [4.78, 5) is 2.06. The van der Waals surface area contributed by atoms with E-state index in [1.54, 1.807) is 0 Å². The first-order chi connectivity index (χ1) is 8.37. The first kappa shape index (κ1) is 13.8. The Hall–Kier alpha value is -0.590. The van der Waals surface area contributed by atoms with Crippen molar-refractivity contribution in [2.75, 3.05) is 24.6 Å². The summed E-state index contributed by atoms with van der Waals surface area (Å²) >= 11 is 3.40. The topological polar surface area (TPSA) is 57.6 Å². The predicted molar refractivity (Wildman–Crippen MR) is 74.5 cm³/mol. The molecule has 0 aromatic heterocycles. The molecule has 18 heavy (non-hydrogen) atoms. The predicted octanol–water partition coefficient (Wildman–Crippen LogP) is 1.69. The molecule has 1 N–H and O–H groups in total. The largest absolute Gasteiger partial charge is 0.507 e. The lowest BCUT2D eigenvalue weighted by molar-refractivity contribution is 0.283. The van der Waals surface area contributed by atoms with Crippen molar-refractivity contribution in [3.05, 3.63) is 27.7 Å². The van der Waals surface area contributed by atoms with Gasteiger partial charge < -0.3 is 5.11 Å². The Bertz CT molecular complexity index is 543. The van der Waals surface area contributed by atoms with Crippen molar-refractivity contribution in [1.29, 1.82) is 0 Å². The van der Waals surface area contributed by atoms with E-state index in [0.29, 0.717) is 25.4 Å². The highest BCUT2D eigenvalue weighted by Crippen LogP contribution is 2.28. The molecule has 0 radical (unpaired) electrons. The molecule has 0 aliphatic carbocycles. The van der Waals surface area contributed by atoms with Gasteiger partial charge in [0.05, 0.1) is 11.5 Å². The number of hydrogen-bond donors (Lipinski definition) is 1. The van der Waals surface area contributed by atoms with Gasteiger partial charge in [-0.3, -0.25) is 4.90 Å². The Morgan fingerprint density at radius 3 is 2.56 bits per heavy atom. The molecule has 0 bridgehead atoms. The fourth-order valence-electron chi connectivity index (χ4n) is 2.07. The van der Waals surface area contributed by atoms with Crippen LogP contribution in [-0.4, -0.2) is 43.0 Å². The Morgan fingerprint density at radius 2 is 1.94 bits per heavy atom. The van der Waals surface area contributed by atoms with E-state index in [9.17, 15) is 13.5 Å². The van der Waals surface area contributed by atoms with Crippen LogP contribution in [0.3, 0.4) is 0 Å². The molecule has 0 spiro atoms. The molecule has 0 unspecified atom stereocenters. The minimum Gasteiger partial charge on any atom is -0.507 e. The summed E-state index contributed by atoms with van der Waals surface area (Å²) in [6.45, 7) is 3.51. The molecule has 1 fully saturated rings. The fraction of sp³-hybridized carbons (Fsp3) is 0.500. The number of phenolic OH excluding ortho intramolecular Hbond substituents is 1. The maximum Gasteiger partial charge on any atom is 0.152 e. The van der Waals surface area contributed by atoms with Crippen LogP contribution < -0.4 is 0 Å². The average Bonchev–Trinajstić information content (AvgIpc) is 2.28. The maximum atomic E-state index is 11.3. The van der Waals surface area contributed by atoms with Crippen molar-refractivity contribution >= 4 is 25.8 Å². The van der Waals surface area contributed by atoms with Crippen LogP contribution in [0.15, 0.2) is 16.6 Å². The Kier molecular flexibility index (Phi) is 3.99. The van der Waals surface area contributed by atoms with Crippen molar-refractivity contribution in [3.63, 3.8) is 0 Å². The molecule has 1 aromatic carbocycles. The number of benzene rings is 1. The van der Waals surface area contributed by atoms with Gasteiger partial charge in [0, 0.05) is 29.7 Å². The van der Waals surface area contributed by atoms with E-state index in [4.69, 9.17) is 0 Å². The van der Waals surface area contributed by atoms with Crippen LogP contribution in [0.25, 0.3) is 0 Å². The molecule has 6 heteroatoms. The number of hydrogen-bond acceptors (Lipinski definition) is 4. The van der Waals surface area contributed by atoms with Crippen LogP contribution >= 0.6 is 15.9 Å². The van der Waals surface area contributed by atoms with Crippen molar-refractivity contribution in [2.24, 2.45) is 0 Å². The van der Waals surface area contributed by atoms with Gasteiger partial charge in [0.2, 0.25) is 0 Å². The van der Waals surface area contributed by atoms with E-state index < -0.39 is 9.84 Å². The number of phenols is 1. The quantitative estimate of drug-likeness (QED) is 0.894. The molecule has 100 valence electrons. The highest BCUT2D eigenvalue weighted by Gasteiger charge is 2.22. The third-order valence-electron chi connectivity index (χ3n) is 3.18. The summed E-state index contributed by atoms with van der Waals surface area (Å²) in [5.41, 5.74) is 1.66. The van der Waals surface area contributed by atoms with Crippen molar-refractivity contribution < 1.29 is 13.5 Å². The molecule has 2 rings (SSSR count). The third kappa shape index (κ3) is 3.24. The maximum absolute atomic E-state index is 11.3. The van der Waals surface area contributed by atoms with E-state index >= 15 is 0 Å². The van der Waals surface area contributed by atoms with Gasteiger partial charge in [-0.05, 0) is 24.6 Å². The minimum atomic E-state index is -2.85. The Balaban J connectivity index is 2.11. The van der Waals surface area contributed by atoms with E-state index in [1.807, 2.05) is 19.1 Å². The monoisotopic (exact) mass is 333 g/mol. The summed E-state index contributed by atoms with van der Waals surface area (Å²) in [5, 5.41) is 9.99. The van der Waals surface area contributed by atoms with Crippen molar-refractivity contribution in [3.8, 4) is 5.75 Å². The number of aromatic hydroxyl groups is 1. The van der Waals surface area contributed by atoms with Gasteiger partial charge in [0.15, 0.2) is 9.84 Å². The lowest BCUT2D eigenvalue weighted by Crippen LogP contribution is -2.39. The summed E-state index contributed by atoms with van der Waals surface area (Å²) in [7, 11) is -2.85. The van der Waals surface area contributed by atoms with Gasteiger partial charge >= 0.3 is 0 Å². The van der Waals surface area contributed by atoms with Crippen molar-refractivity contribution in [2.45, 2.75) is 13.5 Å². The summed E-state index contributed by atoms with van der Waals surface area (Å²) in [6.07, 6.45) is 0. The SMILES string of the molecule is Cc1cc(Br)cc(CN2CCS(=O)(=O)CC2)c1O. The zero-order chi connectivity index (χ0) is 13.3. The van der Waals surface area contributed by atoms with Crippen LogP contribution in [0, 0.1) is 6.92 Å². The summed E-state index contributed by atoms with van der Waals surface area (Å²) < 4.78 is 23.6. The van der Waals surface area contributed by atoms with E-state index in [-0.39, 0.29) is 11.5 Å². The summed E-state index contributed by atoms with van der Waals surface area (Å²) in [6, 6.07) is 3.74. The third-order valence-corrected chi connectivity index (χ3v) is 5.24. The molecule has 1 aliphatic rings. The van der Waals surface area contributed by atoms with Crippen LogP contribution in [0.5, 0.6) is 5.75 Å². The van der Waals surface area contributed by atoms with Crippen molar-refractivity contribution in [1.82, 2.24) is 4.90 Å². The number of halogens is 1. The molecule has 1 heterocycles. The Labute approximate surface area is 116 Å². The fourth-order valence-corrected chi connectivity index (χ4v) is 3.97. The molecular weight excluding hydrogens is 318 g/mol. The first-order valence-corrected chi connectivity index (χ1v) is 8.39. The molecule has 0 saturated carbocycles. The second-order valence-electron chi connectivity index (χ2n) is 4.66. The highest BCUT2D eigenvalue weighted by atomic mass is 79.9. The first-order valence-electron chi connectivity index (χ1n) is 5.78. The molecule has 1 aliphatic heterocycles. The highest BCUT2D eigenvalue weighted by molar-refractivity contribution is 9.10. The molecular formula is C12H16BrNO3S. The lowest BCUT2D eigenvalue weighted by atomic mass is 10.1. The van der Waals surface area contributed by atoms with E-state index in [2.05, 4.69) is 20.8 Å². The number of rotatable bonds is 2. The van der Waals surface area contributed by atoms with Gasteiger partial charge in [0.1, 0.15) is 5.75 Å². The molecule has 4 nitrogen and oxygen atoms in total. The minimum absolute atomic E-state index is 0.209. The normalized spacial score (nSPS) is 19.9. The number of nitrogens with zero attached hydrogens (tertiary/aromatic N) is 1. The van der Waals surface area contributed by atoms with Crippen LogP contribution in [0.1, 0.15) is 11.1 Å². The standard InChI is InChI=1S/C12H16BrNO3S/c1-9-6-11(13)7-10(12(9)15)8-14-2-4-18(16,17)5-3-14/h6-7,15H,2-5,8H2,1H3. The van der Waals surface area contributed by atoms with E-state index in [0.717, 1.165) is 15.6 Å². The smallest absolute Gasteiger partial charge is 0.152 e. The van der Waals surface area contributed by atoms with Crippen LogP contribution in [0.2, 0.25) is 0 Å². The second-order valence-corrected chi connectivity index (χ2v) is 7.88. The molecule has 1 saturated heterocycles. The molecule has 1 aromatic rings. The van der Waals surface area contributed by atoms with Crippen LogP contribution in [-0.2, 0) is 16.4 Å². The second kappa shape index (κ2) is 5.19. The Morgan fingerprint density at radius 1 is 1.33 bits per heavy atom. The van der Waals surface area contributed by atoms with Gasteiger partial charge in [-0.15, -0.1) is 0 Å².